The number of benzene rings is 1. The third-order valence-corrected chi connectivity index (χ3v) is 3.10. The van der Waals surface area contributed by atoms with Gasteiger partial charge in [-0.15, -0.1) is 12.4 Å². The van der Waals surface area contributed by atoms with Crippen LogP contribution in [-0.2, 0) is 0 Å². The Bertz CT molecular complexity index is 731. The Morgan fingerprint density at radius 1 is 1.33 bits per heavy atom. The van der Waals surface area contributed by atoms with Gasteiger partial charge in [-0.3, -0.25) is 14.3 Å². The van der Waals surface area contributed by atoms with Crippen LogP contribution >= 0.6 is 12.4 Å². The van der Waals surface area contributed by atoms with Crippen molar-refractivity contribution in [2.75, 3.05) is 0 Å². The molecular weight excluding hydrogens is 259 g/mol. The normalized spacial score (nSPS) is 14.6. The lowest BCUT2D eigenvalue weighted by atomic mass is 10.1. The second-order valence-electron chi connectivity index (χ2n) is 4.48. The number of fused-ring (bicyclic) bond motifs is 1. The molecule has 0 unspecified atom stereocenters. The van der Waals surface area contributed by atoms with E-state index in [-0.39, 0.29) is 23.8 Å². The van der Waals surface area contributed by atoms with Crippen molar-refractivity contribution in [3.05, 3.63) is 44.4 Å². The smallest absolute Gasteiger partial charge is 0.290 e. The van der Waals surface area contributed by atoms with Gasteiger partial charge in [-0.25, -0.2) is 9.18 Å². The number of rotatable bonds is 1. The summed E-state index contributed by atoms with van der Waals surface area (Å²) in [6, 6.07) is 2.67. The molecule has 1 saturated carbocycles. The van der Waals surface area contributed by atoms with Crippen molar-refractivity contribution in [2.45, 2.75) is 25.8 Å². The van der Waals surface area contributed by atoms with Crippen LogP contribution < -0.4 is 11.2 Å². The van der Waals surface area contributed by atoms with E-state index in [9.17, 15) is 14.0 Å². The Morgan fingerprint density at radius 2 is 2.00 bits per heavy atom. The van der Waals surface area contributed by atoms with Gasteiger partial charge < -0.3 is 0 Å². The number of aromatic nitrogens is 2. The van der Waals surface area contributed by atoms with Crippen molar-refractivity contribution >= 4 is 23.3 Å². The number of nitrogens with zero attached hydrogens (tertiary/aromatic N) is 1. The van der Waals surface area contributed by atoms with Crippen LogP contribution in [-0.4, -0.2) is 9.55 Å². The molecule has 1 aliphatic rings. The lowest BCUT2D eigenvalue weighted by Crippen LogP contribution is -2.30. The monoisotopic (exact) mass is 270 g/mol. The second-order valence-corrected chi connectivity index (χ2v) is 4.48. The molecule has 1 heterocycles. The number of hydrogen-bond acceptors (Lipinski definition) is 2. The molecule has 1 aromatic carbocycles. The van der Waals surface area contributed by atoms with E-state index in [0.717, 1.165) is 12.8 Å². The van der Waals surface area contributed by atoms with Crippen LogP contribution in [0.3, 0.4) is 0 Å². The fourth-order valence-electron chi connectivity index (χ4n) is 2.24. The van der Waals surface area contributed by atoms with Gasteiger partial charge >= 0.3 is 5.69 Å². The van der Waals surface area contributed by atoms with Crippen LogP contribution in [0.2, 0.25) is 0 Å². The number of aromatic amines is 1. The molecule has 0 spiro atoms. The van der Waals surface area contributed by atoms with Gasteiger partial charge in [-0.2, -0.15) is 0 Å². The Morgan fingerprint density at radius 3 is 2.61 bits per heavy atom. The van der Waals surface area contributed by atoms with Crippen LogP contribution in [0.4, 0.5) is 4.39 Å². The first-order valence-corrected chi connectivity index (χ1v) is 5.52. The van der Waals surface area contributed by atoms with Gasteiger partial charge in [0.1, 0.15) is 5.82 Å². The summed E-state index contributed by atoms with van der Waals surface area (Å²) >= 11 is 0. The SMILES string of the molecule is Cc1cc(F)cc2c(=O)[nH]c(=O)n(C3CC3)c12.Cl. The Hall–Kier alpha value is -1.62. The molecule has 2 aromatic rings. The standard InChI is InChI=1S/C12H11FN2O2.ClH/c1-6-4-7(13)5-9-10(6)15(8-2-3-8)12(17)14-11(9)16;/h4-5,8H,2-3H2,1H3,(H,14,16,17);1H. The molecule has 0 atom stereocenters. The van der Waals surface area contributed by atoms with E-state index >= 15 is 0 Å². The first-order valence-electron chi connectivity index (χ1n) is 5.52. The maximum atomic E-state index is 13.3. The van der Waals surface area contributed by atoms with Crippen molar-refractivity contribution in [1.29, 1.82) is 0 Å². The molecular formula is C12H12ClFN2O2. The van der Waals surface area contributed by atoms with Gasteiger partial charge in [0, 0.05) is 6.04 Å². The molecule has 0 saturated heterocycles. The van der Waals surface area contributed by atoms with Gasteiger partial charge in [-0.05, 0) is 37.5 Å². The summed E-state index contributed by atoms with van der Waals surface area (Å²) in [5.74, 6) is -0.457. The van der Waals surface area contributed by atoms with E-state index in [2.05, 4.69) is 4.98 Å². The minimum Gasteiger partial charge on any atom is -0.290 e. The predicted octanol–water partition coefficient (Wildman–Crippen LogP) is 1.89. The zero-order chi connectivity index (χ0) is 12.2. The second kappa shape index (κ2) is 4.24. The molecule has 0 amide bonds. The third-order valence-electron chi connectivity index (χ3n) is 3.10. The molecule has 1 aromatic heterocycles. The fraction of sp³-hybridized carbons (Fsp3) is 0.333. The minimum atomic E-state index is -0.524. The summed E-state index contributed by atoms with van der Waals surface area (Å²) in [6.45, 7) is 1.71. The highest BCUT2D eigenvalue weighted by atomic mass is 35.5. The molecule has 3 rings (SSSR count). The van der Waals surface area contributed by atoms with E-state index in [1.54, 1.807) is 11.5 Å². The summed E-state index contributed by atoms with van der Waals surface area (Å²) in [5.41, 5.74) is 0.252. The highest BCUT2D eigenvalue weighted by Crippen LogP contribution is 2.35. The summed E-state index contributed by atoms with van der Waals surface area (Å²) in [6.07, 6.45) is 1.86. The third kappa shape index (κ3) is 1.84. The maximum Gasteiger partial charge on any atom is 0.329 e. The summed E-state index contributed by atoms with van der Waals surface area (Å²) in [7, 11) is 0. The quantitative estimate of drug-likeness (QED) is 0.860. The largest absolute Gasteiger partial charge is 0.329 e. The number of H-pyrrole nitrogens is 1. The number of halogens is 2. The van der Waals surface area contributed by atoms with E-state index in [4.69, 9.17) is 0 Å². The van der Waals surface area contributed by atoms with Crippen molar-refractivity contribution in [1.82, 2.24) is 9.55 Å². The average molecular weight is 271 g/mol. The predicted molar refractivity (Wildman–Crippen MR) is 69.0 cm³/mol. The van der Waals surface area contributed by atoms with Crippen LogP contribution in [0.5, 0.6) is 0 Å². The van der Waals surface area contributed by atoms with Crippen LogP contribution in [0.15, 0.2) is 21.7 Å². The molecule has 0 radical (unpaired) electrons. The van der Waals surface area contributed by atoms with Gasteiger partial charge in [0.15, 0.2) is 0 Å². The highest BCUT2D eigenvalue weighted by Gasteiger charge is 2.27. The van der Waals surface area contributed by atoms with E-state index in [0.29, 0.717) is 11.1 Å². The van der Waals surface area contributed by atoms with Crippen molar-refractivity contribution in [3.8, 4) is 0 Å². The Kier molecular flexibility index (Phi) is 3.02. The summed E-state index contributed by atoms with van der Waals surface area (Å²) < 4.78 is 14.9. The van der Waals surface area contributed by atoms with Crippen LogP contribution in [0, 0.1) is 12.7 Å². The van der Waals surface area contributed by atoms with Gasteiger partial charge in [0.2, 0.25) is 0 Å². The average Bonchev–Trinajstić information content (AvgIpc) is 3.03. The Labute approximate surface area is 108 Å². The topological polar surface area (TPSA) is 54.9 Å². The first kappa shape index (κ1) is 12.8. The van der Waals surface area contributed by atoms with Crippen molar-refractivity contribution in [2.24, 2.45) is 0 Å². The fourth-order valence-corrected chi connectivity index (χ4v) is 2.24. The molecule has 18 heavy (non-hydrogen) atoms. The molecule has 1 aliphatic carbocycles. The lowest BCUT2D eigenvalue weighted by Gasteiger charge is -2.10. The Balaban J connectivity index is 0.00000120. The van der Waals surface area contributed by atoms with Gasteiger partial charge in [0.25, 0.3) is 5.56 Å². The molecule has 96 valence electrons. The van der Waals surface area contributed by atoms with E-state index in [1.807, 2.05) is 0 Å². The van der Waals surface area contributed by atoms with Crippen molar-refractivity contribution < 1.29 is 4.39 Å². The molecule has 0 bridgehead atoms. The molecule has 0 aliphatic heterocycles. The van der Waals surface area contributed by atoms with Crippen molar-refractivity contribution in [3.63, 3.8) is 0 Å². The summed E-state index contributed by atoms with van der Waals surface area (Å²) in [4.78, 5) is 25.7. The molecule has 6 heteroatoms. The highest BCUT2D eigenvalue weighted by molar-refractivity contribution is 5.85. The first-order chi connectivity index (χ1) is 8.08. The lowest BCUT2D eigenvalue weighted by molar-refractivity contribution is 0.626. The van der Waals surface area contributed by atoms with Crippen LogP contribution in [0.25, 0.3) is 10.9 Å². The molecule has 4 nitrogen and oxygen atoms in total. The van der Waals surface area contributed by atoms with Crippen LogP contribution in [0.1, 0.15) is 24.4 Å². The maximum absolute atomic E-state index is 13.3. The molecule has 1 N–H and O–H groups in total. The zero-order valence-electron chi connectivity index (χ0n) is 9.70. The number of hydrogen-bond donors (Lipinski definition) is 1. The molecule has 1 fully saturated rings. The zero-order valence-corrected chi connectivity index (χ0v) is 10.5. The van der Waals surface area contributed by atoms with E-state index < -0.39 is 17.1 Å². The van der Waals surface area contributed by atoms with E-state index in [1.165, 1.54) is 12.1 Å². The number of aryl methyl sites for hydroxylation is 1. The minimum absolute atomic E-state index is 0. The summed E-state index contributed by atoms with van der Waals surface area (Å²) in [5, 5.41) is 0.244. The number of nitrogens with one attached hydrogen (secondary N) is 1. The van der Waals surface area contributed by atoms with Gasteiger partial charge in [-0.1, -0.05) is 0 Å². The van der Waals surface area contributed by atoms with Gasteiger partial charge in [0.05, 0.1) is 10.9 Å².